The number of allylic oxidation sites excluding steroid dienone is 1. The maximum absolute atomic E-state index is 4.05. The van der Waals surface area contributed by atoms with Crippen LogP contribution in [0.25, 0.3) is 0 Å². The highest BCUT2D eigenvalue weighted by Crippen LogP contribution is 2.47. The van der Waals surface area contributed by atoms with Gasteiger partial charge < -0.3 is 0 Å². The third kappa shape index (κ3) is 2.36. The van der Waals surface area contributed by atoms with E-state index in [-0.39, 0.29) is 0 Å². The lowest BCUT2D eigenvalue weighted by Crippen LogP contribution is -1.93. The van der Waals surface area contributed by atoms with Gasteiger partial charge in [-0.3, -0.25) is 0 Å². The van der Waals surface area contributed by atoms with Crippen LogP contribution in [-0.2, 0) is 0 Å². The van der Waals surface area contributed by atoms with Crippen LogP contribution in [0.2, 0.25) is 0 Å². The zero-order valence-electron chi connectivity index (χ0n) is 8.06. The van der Waals surface area contributed by atoms with E-state index in [1.54, 1.807) is 0 Å². The molecule has 0 aromatic rings. The topological polar surface area (TPSA) is 0 Å². The van der Waals surface area contributed by atoms with Gasteiger partial charge in [-0.25, -0.2) is 0 Å². The smallest absolute Gasteiger partial charge is 0.0292 e. The molecule has 0 spiro atoms. The highest BCUT2D eigenvalue weighted by atomic mass is 14.4. The van der Waals surface area contributed by atoms with Crippen LogP contribution in [-0.4, -0.2) is 0 Å². The second kappa shape index (κ2) is 3.42. The Morgan fingerprint density at radius 2 is 2.18 bits per heavy atom. The van der Waals surface area contributed by atoms with E-state index >= 15 is 0 Å². The summed E-state index contributed by atoms with van der Waals surface area (Å²) in [6.45, 7) is 10.9. The van der Waals surface area contributed by atoms with Crippen molar-refractivity contribution >= 4 is 0 Å². The Balaban J connectivity index is 2.18. The van der Waals surface area contributed by atoms with Gasteiger partial charge in [-0.15, -0.1) is 0 Å². The van der Waals surface area contributed by atoms with E-state index in [2.05, 4.69) is 27.4 Å². The van der Waals surface area contributed by atoms with Crippen molar-refractivity contribution < 1.29 is 0 Å². The van der Waals surface area contributed by atoms with Gasteiger partial charge in [0.25, 0.3) is 0 Å². The molecule has 0 aliphatic heterocycles. The Labute approximate surface area is 70.7 Å². The van der Waals surface area contributed by atoms with E-state index in [0.29, 0.717) is 0 Å². The molecule has 1 saturated carbocycles. The molecule has 0 heteroatoms. The SMILES string of the molecule is C=C(CC)CC1CC1C(C)C. The molecule has 1 aliphatic carbocycles. The van der Waals surface area contributed by atoms with Gasteiger partial charge in [-0.1, -0.05) is 32.9 Å². The van der Waals surface area contributed by atoms with Gasteiger partial charge in [-0.2, -0.15) is 0 Å². The first-order valence-electron chi connectivity index (χ1n) is 4.81. The summed E-state index contributed by atoms with van der Waals surface area (Å²) in [7, 11) is 0. The first-order chi connectivity index (χ1) is 5.15. The minimum atomic E-state index is 0.893. The fourth-order valence-corrected chi connectivity index (χ4v) is 1.84. The van der Waals surface area contributed by atoms with Crippen LogP contribution in [0.15, 0.2) is 12.2 Å². The summed E-state index contributed by atoms with van der Waals surface area (Å²) in [5.41, 5.74) is 1.44. The second-order valence-corrected chi connectivity index (χ2v) is 4.21. The van der Waals surface area contributed by atoms with Gasteiger partial charge >= 0.3 is 0 Å². The Bertz CT molecular complexity index is 144. The lowest BCUT2D eigenvalue weighted by atomic mass is 10.0. The fraction of sp³-hybridized carbons (Fsp3) is 0.818. The highest BCUT2D eigenvalue weighted by Gasteiger charge is 2.38. The molecule has 1 aliphatic rings. The van der Waals surface area contributed by atoms with Gasteiger partial charge in [0.1, 0.15) is 0 Å². The molecule has 2 unspecified atom stereocenters. The molecule has 2 atom stereocenters. The molecular weight excluding hydrogens is 132 g/mol. The summed E-state index contributed by atoms with van der Waals surface area (Å²) in [6.07, 6.45) is 3.91. The van der Waals surface area contributed by atoms with E-state index < -0.39 is 0 Å². The largest absolute Gasteiger partial charge is 0.0999 e. The van der Waals surface area contributed by atoms with Crippen LogP contribution in [0.1, 0.15) is 40.0 Å². The average Bonchev–Trinajstić information content (AvgIpc) is 2.67. The molecule has 11 heavy (non-hydrogen) atoms. The summed E-state index contributed by atoms with van der Waals surface area (Å²) in [5, 5.41) is 0. The van der Waals surface area contributed by atoms with Gasteiger partial charge in [0, 0.05) is 0 Å². The Morgan fingerprint density at radius 1 is 1.55 bits per heavy atom. The van der Waals surface area contributed by atoms with Crippen LogP contribution in [0.3, 0.4) is 0 Å². The van der Waals surface area contributed by atoms with Crippen LogP contribution in [0.4, 0.5) is 0 Å². The molecule has 0 aromatic carbocycles. The van der Waals surface area contributed by atoms with Crippen LogP contribution >= 0.6 is 0 Å². The molecule has 0 bridgehead atoms. The number of hydrogen-bond donors (Lipinski definition) is 0. The maximum Gasteiger partial charge on any atom is -0.0292 e. The molecule has 0 aromatic heterocycles. The summed E-state index contributed by atoms with van der Waals surface area (Å²) >= 11 is 0. The monoisotopic (exact) mass is 152 g/mol. The quantitative estimate of drug-likeness (QED) is 0.539. The summed E-state index contributed by atoms with van der Waals surface area (Å²) < 4.78 is 0. The van der Waals surface area contributed by atoms with Crippen molar-refractivity contribution in [3.63, 3.8) is 0 Å². The van der Waals surface area contributed by atoms with Crippen LogP contribution in [0.5, 0.6) is 0 Å². The Kier molecular flexibility index (Phi) is 2.75. The predicted molar refractivity (Wildman–Crippen MR) is 50.5 cm³/mol. The molecule has 64 valence electrons. The maximum atomic E-state index is 4.05. The first kappa shape index (κ1) is 8.83. The molecule has 1 fully saturated rings. The standard InChI is InChI=1S/C11H20/c1-5-9(4)6-10-7-11(10)8(2)3/h8,10-11H,4-7H2,1-3H3. The third-order valence-corrected chi connectivity index (χ3v) is 2.88. The van der Waals surface area contributed by atoms with Crippen LogP contribution < -0.4 is 0 Å². The number of hydrogen-bond acceptors (Lipinski definition) is 0. The van der Waals surface area contributed by atoms with Gasteiger partial charge in [0.05, 0.1) is 0 Å². The molecule has 0 N–H and O–H groups in total. The molecular formula is C11H20. The fourth-order valence-electron chi connectivity index (χ4n) is 1.84. The lowest BCUT2D eigenvalue weighted by molar-refractivity contribution is 0.514. The zero-order valence-corrected chi connectivity index (χ0v) is 8.06. The average molecular weight is 152 g/mol. The first-order valence-corrected chi connectivity index (χ1v) is 4.81. The van der Waals surface area contributed by atoms with E-state index in [1.165, 1.54) is 24.8 Å². The minimum Gasteiger partial charge on any atom is -0.0999 e. The number of rotatable bonds is 4. The van der Waals surface area contributed by atoms with Crippen molar-refractivity contribution in [3.8, 4) is 0 Å². The molecule has 0 amide bonds. The normalized spacial score (nSPS) is 29.1. The molecule has 0 radical (unpaired) electrons. The minimum absolute atomic E-state index is 0.893. The Hall–Kier alpha value is -0.260. The summed E-state index contributed by atoms with van der Waals surface area (Å²) in [4.78, 5) is 0. The summed E-state index contributed by atoms with van der Waals surface area (Å²) in [6, 6.07) is 0. The molecule has 0 nitrogen and oxygen atoms in total. The Morgan fingerprint density at radius 3 is 2.55 bits per heavy atom. The zero-order chi connectivity index (χ0) is 8.43. The summed E-state index contributed by atoms with van der Waals surface area (Å²) in [5.74, 6) is 2.89. The molecule has 0 heterocycles. The highest BCUT2D eigenvalue weighted by molar-refractivity contribution is 5.01. The van der Waals surface area contributed by atoms with Crippen molar-refractivity contribution in [1.29, 1.82) is 0 Å². The molecule has 0 saturated heterocycles. The van der Waals surface area contributed by atoms with Gasteiger partial charge in [-0.05, 0) is 37.0 Å². The van der Waals surface area contributed by atoms with Crippen molar-refractivity contribution in [1.82, 2.24) is 0 Å². The predicted octanol–water partition coefficient (Wildman–Crippen LogP) is 3.63. The third-order valence-electron chi connectivity index (χ3n) is 2.88. The lowest BCUT2D eigenvalue weighted by Gasteiger charge is -2.03. The van der Waals surface area contributed by atoms with E-state index in [0.717, 1.165) is 17.8 Å². The van der Waals surface area contributed by atoms with Crippen molar-refractivity contribution in [2.24, 2.45) is 17.8 Å². The van der Waals surface area contributed by atoms with E-state index in [1.807, 2.05) is 0 Å². The van der Waals surface area contributed by atoms with Gasteiger partial charge in [0.2, 0.25) is 0 Å². The van der Waals surface area contributed by atoms with E-state index in [9.17, 15) is 0 Å². The van der Waals surface area contributed by atoms with Gasteiger partial charge in [0.15, 0.2) is 0 Å². The van der Waals surface area contributed by atoms with Crippen LogP contribution in [0, 0.1) is 17.8 Å². The van der Waals surface area contributed by atoms with E-state index in [4.69, 9.17) is 0 Å². The molecule has 1 rings (SSSR count). The van der Waals surface area contributed by atoms with Crippen molar-refractivity contribution in [2.75, 3.05) is 0 Å². The second-order valence-electron chi connectivity index (χ2n) is 4.21. The van der Waals surface area contributed by atoms with Crippen molar-refractivity contribution in [2.45, 2.75) is 40.0 Å². The van der Waals surface area contributed by atoms with Crippen molar-refractivity contribution in [3.05, 3.63) is 12.2 Å².